The van der Waals surface area contributed by atoms with Gasteiger partial charge in [-0.3, -0.25) is 4.98 Å². The first-order valence-corrected chi connectivity index (χ1v) is 5.85. The van der Waals surface area contributed by atoms with Crippen LogP contribution in [0.3, 0.4) is 0 Å². The summed E-state index contributed by atoms with van der Waals surface area (Å²) in [4.78, 5) is 3.97. The molecule has 0 bridgehead atoms. The van der Waals surface area contributed by atoms with Gasteiger partial charge in [0.2, 0.25) is 0 Å². The van der Waals surface area contributed by atoms with Crippen molar-refractivity contribution in [2.75, 3.05) is 0 Å². The number of aromatic nitrogens is 1. The van der Waals surface area contributed by atoms with E-state index < -0.39 is 0 Å². The van der Waals surface area contributed by atoms with Crippen molar-refractivity contribution in [2.45, 2.75) is 53.9 Å². The van der Waals surface area contributed by atoms with Crippen LogP contribution in [0.15, 0.2) is 18.3 Å². The van der Waals surface area contributed by atoms with E-state index >= 15 is 0 Å². The molecule has 1 rings (SSSR count). The van der Waals surface area contributed by atoms with Crippen LogP contribution in [0, 0.1) is 5.82 Å². The van der Waals surface area contributed by atoms with Gasteiger partial charge in [0.1, 0.15) is 5.82 Å². The quantitative estimate of drug-likeness (QED) is 0.688. The smallest absolute Gasteiger partial charge is 0.141 e. The van der Waals surface area contributed by atoms with Gasteiger partial charge in [-0.25, -0.2) is 4.39 Å². The highest BCUT2D eigenvalue weighted by molar-refractivity contribution is 5.09. The standard InChI is InChI=1S/C9H12FN.2C2H6/c1-3-7(2)9-5-4-8(10)6-11-9;2*1-2/h4-7H,3H2,1-2H3;2*1-2H3. The minimum Gasteiger partial charge on any atom is -0.258 e. The molecule has 0 fully saturated rings. The van der Waals surface area contributed by atoms with Gasteiger partial charge < -0.3 is 0 Å². The molecule has 0 aliphatic heterocycles. The van der Waals surface area contributed by atoms with E-state index in [1.165, 1.54) is 12.3 Å². The molecular formula is C13H24FN. The van der Waals surface area contributed by atoms with E-state index in [2.05, 4.69) is 18.8 Å². The summed E-state index contributed by atoms with van der Waals surface area (Å²) in [6, 6.07) is 3.19. The molecule has 0 amide bonds. The third kappa shape index (κ3) is 7.06. The first-order valence-electron chi connectivity index (χ1n) is 5.85. The fourth-order valence-electron chi connectivity index (χ4n) is 0.888. The molecule has 0 spiro atoms. The van der Waals surface area contributed by atoms with Crippen LogP contribution in [-0.2, 0) is 0 Å². The van der Waals surface area contributed by atoms with Gasteiger partial charge in [0.25, 0.3) is 0 Å². The lowest BCUT2D eigenvalue weighted by Crippen LogP contribution is -1.94. The molecule has 0 N–H and O–H groups in total. The van der Waals surface area contributed by atoms with Crippen LogP contribution in [0.2, 0.25) is 0 Å². The summed E-state index contributed by atoms with van der Waals surface area (Å²) < 4.78 is 12.4. The summed E-state index contributed by atoms with van der Waals surface area (Å²) >= 11 is 0. The summed E-state index contributed by atoms with van der Waals surface area (Å²) in [6.45, 7) is 12.2. The number of nitrogens with zero attached hydrogens (tertiary/aromatic N) is 1. The van der Waals surface area contributed by atoms with Gasteiger partial charge in [-0.2, -0.15) is 0 Å². The van der Waals surface area contributed by atoms with Crippen molar-refractivity contribution in [1.82, 2.24) is 4.98 Å². The fraction of sp³-hybridized carbons (Fsp3) is 0.615. The molecule has 1 nitrogen and oxygen atoms in total. The Bertz CT molecular complexity index is 218. The Balaban J connectivity index is 0. The highest BCUT2D eigenvalue weighted by Crippen LogP contribution is 2.15. The van der Waals surface area contributed by atoms with Crippen LogP contribution in [-0.4, -0.2) is 4.98 Å². The Morgan fingerprint density at radius 2 is 1.73 bits per heavy atom. The first-order chi connectivity index (χ1) is 7.24. The summed E-state index contributed by atoms with van der Waals surface area (Å²) in [5, 5.41) is 0. The Morgan fingerprint density at radius 3 is 2.07 bits per heavy atom. The van der Waals surface area contributed by atoms with Gasteiger partial charge in [0.15, 0.2) is 0 Å². The van der Waals surface area contributed by atoms with Gasteiger partial charge in [-0.15, -0.1) is 0 Å². The lowest BCUT2D eigenvalue weighted by Gasteiger charge is -2.05. The van der Waals surface area contributed by atoms with E-state index in [-0.39, 0.29) is 5.82 Å². The third-order valence-electron chi connectivity index (χ3n) is 1.87. The molecular weight excluding hydrogens is 189 g/mol. The molecule has 0 aliphatic rings. The average molecular weight is 213 g/mol. The van der Waals surface area contributed by atoms with Crippen molar-refractivity contribution in [3.05, 3.63) is 29.8 Å². The lowest BCUT2D eigenvalue weighted by atomic mass is 10.1. The predicted molar refractivity (Wildman–Crippen MR) is 65.6 cm³/mol. The molecule has 0 saturated heterocycles. The van der Waals surface area contributed by atoms with Crippen LogP contribution in [0.1, 0.15) is 59.6 Å². The van der Waals surface area contributed by atoms with E-state index in [9.17, 15) is 4.39 Å². The normalized spacial score (nSPS) is 10.3. The van der Waals surface area contributed by atoms with Crippen molar-refractivity contribution >= 4 is 0 Å². The van der Waals surface area contributed by atoms with Crippen LogP contribution in [0.5, 0.6) is 0 Å². The monoisotopic (exact) mass is 213 g/mol. The van der Waals surface area contributed by atoms with Gasteiger partial charge in [0.05, 0.1) is 6.20 Å². The SMILES string of the molecule is CC.CC.CCC(C)c1ccc(F)cn1. The third-order valence-corrected chi connectivity index (χ3v) is 1.87. The molecule has 0 saturated carbocycles. The van der Waals surface area contributed by atoms with E-state index in [4.69, 9.17) is 0 Å². The Kier molecular flexibility index (Phi) is 12.3. The molecule has 1 heterocycles. The first kappa shape index (κ1) is 16.5. The minimum absolute atomic E-state index is 0.267. The van der Waals surface area contributed by atoms with E-state index in [0.717, 1.165) is 12.1 Å². The number of hydrogen-bond donors (Lipinski definition) is 0. The summed E-state index contributed by atoms with van der Waals surface area (Å²) in [7, 11) is 0. The van der Waals surface area contributed by atoms with E-state index in [1.54, 1.807) is 6.07 Å². The highest BCUT2D eigenvalue weighted by atomic mass is 19.1. The average Bonchev–Trinajstić information content (AvgIpc) is 2.34. The fourth-order valence-corrected chi connectivity index (χ4v) is 0.888. The number of halogens is 1. The number of hydrogen-bond acceptors (Lipinski definition) is 1. The molecule has 0 radical (unpaired) electrons. The second-order valence-corrected chi connectivity index (χ2v) is 2.71. The molecule has 1 unspecified atom stereocenters. The van der Waals surface area contributed by atoms with Crippen molar-refractivity contribution in [1.29, 1.82) is 0 Å². The van der Waals surface area contributed by atoms with E-state index in [1.807, 2.05) is 27.7 Å². The largest absolute Gasteiger partial charge is 0.258 e. The van der Waals surface area contributed by atoms with Crippen molar-refractivity contribution < 1.29 is 4.39 Å². The van der Waals surface area contributed by atoms with Crippen LogP contribution in [0.4, 0.5) is 4.39 Å². The van der Waals surface area contributed by atoms with Gasteiger partial charge >= 0.3 is 0 Å². The predicted octanol–water partition coefficient (Wildman–Crippen LogP) is 4.79. The lowest BCUT2D eigenvalue weighted by molar-refractivity contribution is 0.613. The number of pyridine rings is 1. The molecule has 1 atom stereocenters. The maximum Gasteiger partial charge on any atom is 0.141 e. The summed E-state index contributed by atoms with van der Waals surface area (Å²) in [6.07, 6.45) is 2.31. The van der Waals surface area contributed by atoms with Crippen LogP contribution < -0.4 is 0 Å². The molecule has 15 heavy (non-hydrogen) atoms. The molecule has 0 aromatic carbocycles. The molecule has 2 heteroatoms. The Hall–Kier alpha value is -0.920. The topological polar surface area (TPSA) is 12.9 Å². The molecule has 1 aromatic heterocycles. The van der Waals surface area contributed by atoms with Gasteiger partial charge in [-0.05, 0) is 24.5 Å². The van der Waals surface area contributed by atoms with Crippen molar-refractivity contribution in [3.63, 3.8) is 0 Å². The summed E-state index contributed by atoms with van der Waals surface area (Å²) in [5.74, 6) is 0.160. The minimum atomic E-state index is -0.267. The van der Waals surface area contributed by atoms with Gasteiger partial charge in [0, 0.05) is 5.69 Å². The molecule has 1 aromatic rings. The van der Waals surface area contributed by atoms with Crippen LogP contribution >= 0.6 is 0 Å². The maximum atomic E-state index is 12.4. The van der Waals surface area contributed by atoms with E-state index in [0.29, 0.717) is 5.92 Å². The van der Waals surface area contributed by atoms with Gasteiger partial charge in [-0.1, -0.05) is 41.5 Å². The second kappa shape index (κ2) is 11.2. The second-order valence-electron chi connectivity index (χ2n) is 2.71. The van der Waals surface area contributed by atoms with Crippen LogP contribution in [0.25, 0.3) is 0 Å². The highest BCUT2D eigenvalue weighted by Gasteiger charge is 2.02. The zero-order valence-corrected chi connectivity index (χ0v) is 10.8. The van der Waals surface area contributed by atoms with Crippen molar-refractivity contribution in [3.8, 4) is 0 Å². The Morgan fingerprint density at radius 1 is 1.20 bits per heavy atom. The number of rotatable bonds is 2. The zero-order chi connectivity index (χ0) is 12.3. The van der Waals surface area contributed by atoms with Crippen molar-refractivity contribution in [2.24, 2.45) is 0 Å². The molecule has 0 aliphatic carbocycles. The molecule has 88 valence electrons. The zero-order valence-electron chi connectivity index (χ0n) is 10.8. The Labute approximate surface area is 93.7 Å². The maximum absolute atomic E-state index is 12.4. The summed E-state index contributed by atoms with van der Waals surface area (Å²) in [5.41, 5.74) is 0.967.